The van der Waals surface area contributed by atoms with Crippen molar-refractivity contribution in [2.24, 2.45) is 0 Å². The predicted octanol–water partition coefficient (Wildman–Crippen LogP) is 4.19. The first kappa shape index (κ1) is 14.0. The van der Waals surface area contributed by atoms with Gasteiger partial charge in [0, 0.05) is 10.4 Å². The summed E-state index contributed by atoms with van der Waals surface area (Å²) in [5.41, 5.74) is 0.508. The van der Waals surface area contributed by atoms with Gasteiger partial charge in [0.1, 0.15) is 5.01 Å². The highest BCUT2D eigenvalue weighted by molar-refractivity contribution is 7.15. The summed E-state index contributed by atoms with van der Waals surface area (Å²) >= 11 is 1.36. The molecule has 0 saturated heterocycles. The van der Waals surface area contributed by atoms with Gasteiger partial charge in [-0.25, -0.2) is 4.98 Å². The van der Waals surface area contributed by atoms with E-state index < -0.39 is 17.8 Å². The van der Waals surface area contributed by atoms with Crippen LogP contribution in [-0.2, 0) is 6.18 Å². The third-order valence-electron chi connectivity index (χ3n) is 2.69. The van der Waals surface area contributed by atoms with Crippen LogP contribution in [0.5, 0.6) is 0 Å². The molecule has 1 N–H and O–H groups in total. The Hall–Kier alpha value is -1.40. The maximum Gasteiger partial charge on any atom is 0.416 e. The van der Waals surface area contributed by atoms with Crippen LogP contribution in [0.2, 0.25) is 0 Å². The van der Waals surface area contributed by atoms with E-state index in [1.165, 1.54) is 23.5 Å². The molecule has 0 bridgehead atoms. The molecule has 1 unspecified atom stereocenters. The molecule has 0 spiro atoms. The van der Waals surface area contributed by atoms with Crippen molar-refractivity contribution < 1.29 is 18.3 Å². The van der Waals surface area contributed by atoms with E-state index in [0.717, 1.165) is 17.0 Å². The van der Waals surface area contributed by atoms with E-state index in [1.54, 1.807) is 6.92 Å². The van der Waals surface area contributed by atoms with E-state index in [9.17, 15) is 18.3 Å². The quantitative estimate of drug-likeness (QED) is 0.898. The molecule has 1 aromatic carbocycles. The zero-order valence-corrected chi connectivity index (χ0v) is 11.1. The first-order valence-electron chi connectivity index (χ1n) is 5.62. The molecule has 2 rings (SSSR count). The van der Waals surface area contributed by atoms with Crippen LogP contribution >= 0.6 is 11.3 Å². The second kappa shape index (κ2) is 4.94. The Kier molecular flexibility index (Phi) is 3.64. The lowest BCUT2D eigenvalue weighted by Crippen LogP contribution is -2.03. The van der Waals surface area contributed by atoms with Crippen molar-refractivity contribution in [2.75, 3.05) is 0 Å². The number of rotatable bonds is 2. The molecule has 0 amide bonds. The molecular formula is C13H12F3NOS. The number of aryl methyl sites for hydroxylation is 1. The summed E-state index contributed by atoms with van der Waals surface area (Å²) in [5, 5.41) is 10.1. The molecular weight excluding hydrogens is 275 g/mol. The van der Waals surface area contributed by atoms with E-state index >= 15 is 0 Å². The smallest absolute Gasteiger partial charge is 0.387 e. The van der Waals surface area contributed by atoms with Gasteiger partial charge in [0.05, 0.1) is 17.4 Å². The van der Waals surface area contributed by atoms with E-state index in [4.69, 9.17) is 0 Å². The van der Waals surface area contributed by atoms with Gasteiger partial charge in [0.25, 0.3) is 0 Å². The van der Waals surface area contributed by atoms with Crippen LogP contribution < -0.4 is 0 Å². The van der Waals surface area contributed by atoms with Crippen LogP contribution in [0.3, 0.4) is 0 Å². The highest BCUT2D eigenvalue weighted by Crippen LogP contribution is 2.33. The lowest BCUT2D eigenvalue weighted by Gasteiger charge is -2.06. The summed E-state index contributed by atoms with van der Waals surface area (Å²) in [4.78, 5) is 5.12. The number of aliphatic hydroxyl groups is 1. The van der Waals surface area contributed by atoms with Crippen LogP contribution in [0.25, 0.3) is 10.6 Å². The number of hydrogen-bond acceptors (Lipinski definition) is 3. The average Bonchev–Trinajstić information content (AvgIpc) is 2.70. The van der Waals surface area contributed by atoms with Crippen molar-refractivity contribution in [3.63, 3.8) is 0 Å². The summed E-state index contributed by atoms with van der Waals surface area (Å²) in [5.74, 6) is 0. The van der Waals surface area contributed by atoms with Crippen molar-refractivity contribution in [1.29, 1.82) is 0 Å². The van der Waals surface area contributed by atoms with Gasteiger partial charge < -0.3 is 5.11 Å². The Labute approximate surface area is 112 Å². The molecule has 6 heteroatoms. The topological polar surface area (TPSA) is 33.1 Å². The number of benzene rings is 1. The fourth-order valence-electron chi connectivity index (χ4n) is 1.72. The molecule has 0 aliphatic carbocycles. The lowest BCUT2D eigenvalue weighted by molar-refractivity contribution is -0.137. The van der Waals surface area contributed by atoms with Crippen molar-refractivity contribution in [3.05, 3.63) is 40.4 Å². The predicted molar refractivity (Wildman–Crippen MR) is 67.9 cm³/mol. The summed E-state index contributed by atoms with van der Waals surface area (Å²) < 4.78 is 37.4. The number of aromatic nitrogens is 1. The van der Waals surface area contributed by atoms with Crippen LogP contribution in [0.15, 0.2) is 24.3 Å². The number of halogens is 3. The second-order valence-electron chi connectivity index (χ2n) is 4.21. The van der Waals surface area contributed by atoms with Crippen molar-refractivity contribution in [2.45, 2.75) is 26.1 Å². The van der Waals surface area contributed by atoms with Crippen LogP contribution in [0.4, 0.5) is 13.2 Å². The first-order valence-corrected chi connectivity index (χ1v) is 6.43. The minimum atomic E-state index is -4.33. The molecule has 2 nitrogen and oxygen atoms in total. The zero-order chi connectivity index (χ0) is 14.2. The SMILES string of the molecule is Cc1sc(-c2ccc(C(F)(F)F)cc2)nc1C(C)O. The van der Waals surface area contributed by atoms with Crippen LogP contribution in [0, 0.1) is 6.92 Å². The molecule has 1 aromatic heterocycles. The largest absolute Gasteiger partial charge is 0.416 e. The van der Waals surface area contributed by atoms with E-state index in [1.807, 2.05) is 6.92 Å². The standard InChI is InChI=1S/C13H12F3NOS/c1-7(18)11-8(2)19-12(17-11)9-3-5-10(6-4-9)13(14,15)16/h3-7,18H,1-2H3. The first-order chi connectivity index (χ1) is 8.79. The van der Waals surface area contributed by atoms with Crippen molar-refractivity contribution >= 4 is 11.3 Å². The highest BCUT2D eigenvalue weighted by Gasteiger charge is 2.30. The fourth-order valence-corrected chi connectivity index (χ4v) is 2.73. The molecule has 0 fully saturated rings. The fraction of sp³-hybridized carbons (Fsp3) is 0.308. The van der Waals surface area contributed by atoms with Gasteiger partial charge in [-0.15, -0.1) is 11.3 Å². The summed E-state index contributed by atoms with van der Waals surface area (Å²) in [6.45, 7) is 3.44. The maximum absolute atomic E-state index is 12.5. The Morgan fingerprint density at radius 1 is 1.21 bits per heavy atom. The number of alkyl halides is 3. The minimum absolute atomic E-state index is 0.569. The number of aliphatic hydroxyl groups excluding tert-OH is 1. The summed E-state index contributed by atoms with van der Waals surface area (Å²) in [6.07, 6.45) is -5.01. The monoisotopic (exact) mass is 287 g/mol. The second-order valence-corrected chi connectivity index (χ2v) is 5.41. The van der Waals surface area contributed by atoms with Gasteiger partial charge in [-0.05, 0) is 26.0 Å². The Balaban J connectivity index is 2.35. The summed E-state index contributed by atoms with van der Waals surface area (Å²) in [6, 6.07) is 4.86. The average molecular weight is 287 g/mol. The van der Waals surface area contributed by atoms with Gasteiger partial charge in [-0.2, -0.15) is 13.2 Å². The number of nitrogens with zero attached hydrogens (tertiary/aromatic N) is 1. The third kappa shape index (κ3) is 2.96. The van der Waals surface area contributed by atoms with Gasteiger partial charge in [0.15, 0.2) is 0 Å². The lowest BCUT2D eigenvalue weighted by atomic mass is 10.1. The Morgan fingerprint density at radius 2 is 1.79 bits per heavy atom. The van der Waals surface area contributed by atoms with E-state index in [2.05, 4.69) is 4.98 Å². The molecule has 19 heavy (non-hydrogen) atoms. The Bertz CT molecular complexity index is 573. The van der Waals surface area contributed by atoms with Crippen LogP contribution in [0.1, 0.15) is 29.2 Å². The minimum Gasteiger partial charge on any atom is -0.387 e. The molecule has 0 radical (unpaired) electrons. The van der Waals surface area contributed by atoms with Gasteiger partial charge >= 0.3 is 6.18 Å². The Morgan fingerprint density at radius 3 is 2.21 bits per heavy atom. The van der Waals surface area contributed by atoms with Crippen LogP contribution in [-0.4, -0.2) is 10.1 Å². The molecule has 1 heterocycles. The van der Waals surface area contributed by atoms with E-state index in [0.29, 0.717) is 16.3 Å². The van der Waals surface area contributed by atoms with Crippen molar-refractivity contribution in [3.8, 4) is 10.6 Å². The summed E-state index contributed by atoms with van der Waals surface area (Å²) in [7, 11) is 0. The number of thiazole rings is 1. The van der Waals surface area contributed by atoms with Gasteiger partial charge in [-0.1, -0.05) is 12.1 Å². The molecule has 0 saturated carbocycles. The maximum atomic E-state index is 12.5. The zero-order valence-electron chi connectivity index (χ0n) is 10.3. The molecule has 2 aromatic rings. The van der Waals surface area contributed by atoms with Crippen molar-refractivity contribution in [1.82, 2.24) is 4.98 Å². The van der Waals surface area contributed by atoms with Gasteiger partial charge in [-0.3, -0.25) is 0 Å². The molecule has 0 aliphatic heterocycles. The normalized spacial score (nSPS) is 13.6. The highest BCUT2D eigenvalue weighted by atomic mass is 32.1. The van der Waals surface area contributed by atoms with Gasteiger partial charge in [0.2, 0.25) is 0 Å². The molecule has 0 aliphatic rings. The molecule has 102 valence electrons. The van der Waals surface area contributed by atoms with E-state index in [-0.39, 0.29) is 0 Å². The number of hydrogen-bond donors (Lipinski definition) is 1. The molecule has 1 atom stereocenters. The third-order valence-corrected chi connectivity index (χ3v) is 3.72.